The van der Waals surface area contributed by atoms with Crippen molar-refractivity contribution in [3.05, 3.63) is 29.8 Å². The van der Waals surface area contributed by atoms with Gasteiger partial charge < -0.3 is 15.8 Å². The van der Waals surface area contributed by atoms with Gasteiger partial charge in [-0.05, 0) is 31.2 Å². The number of nitrogens with one attached hydrogen (secondary N) is 1. The zero-order valence-electron chi connectivity index (χ0n) is 9.03. The van der Waals surface area contributed by atoms with Crippen LogP contribution < -0.4 is 11.1 Å². The molecule has 16 heavy (non-hydrogen) atoms. The number of ketones is 1. The Kier molecular flexibility index (Phi) is 4.32. The van der Waals surface area contributed by atoms with E-state index in [1.165, 1.54) is 6.92 Å². The second kappa shape index (κ2) is 5.75. The Morgan fingerprint density at radius 3 is 2.44 bits per heavy atom. The van der Waals surface area contributed by atoms with Gasteiger partial charge in [-0.1, -0.05) is 0 Å². The maximum atomic E-state index is 11.0. The topological polar surface area (TPSA) is 81.4 Å². The van der Waals surface area contributed by atoms with Crippen molar-refractivity contribution in [3.8, 4) is 0 Å². The number of rotatable bonds is 5. The molecule has 0 radical (unpaired) electrons. The number of carbonyl (C=O) groups is 2. The summed E-state index contributed by atoms with van der Waals surface area (Å²) < 4.78 is 4.55. The highest BCUT2D eigenvalue weighted by atomic mass is 16.5. The molecule has 0 saturated heterocycles. The molecule has 5 nitrogen and oxygen atoms in total. The van der Waals surface area contributed by atoms with Gasteiger partial charge >= 0.3 is 6.09 Å². The third-order valence-corrected chi connectivity index (χ3v) is 1.97. The first-order chi connectivity index (χ1) is 7.59. The monoisotopic (exact) mass is 222 g/mol. The van der Waals surface area contributed by atoms with Gasteiger partial charge in [0.1, 0.15) is 6.61 Å². The highest BCUT2D eigenvalue weighted by molar-refractivity contribution is 5.94. The predicted molar refractivity (Wildman–Crippen MR) is 60.5 cm³/mol. The molecule has 1 aromatic rings. The number of primary amides is 1. The molecule has 0 unspecified atom stereocenters. The first kappa shape index (κ1) is 12.0. The van der Waals surface area contributed by atoms with Gasteiger partial charge in [-0.15, -0.1) is 0 Å². The Bertz CT molecular complexity index is 373. The molecule has 0 saturated carbocycles. The highest BCUT2D eigenvalue weighted by Crippen LogP contribution is 2.09. The van der Waals surface area contributed by atoms with E-state index in [9.17, 15) is 9.59 Å². The first-order valence-corrected chi connectivity index (χ1v) is 4.86. The lowest BCUT2D eigenvalue weighted by molar-refractivity contribution is 0.101. The van der Waals surface area contributed by atoms with Crippen LogP contribution in [0.3, 0.4) is 0 Å². The Morgan fingerprint density at radius 1 is 1.31 bits per heavy atom. The standard InChI is InChI=1S/C11H14N2O3/c1-8(14)9-2-4-10(5-3-9)13-6-7-16-11(12)15/h2-5,13H,6-7H2,1H3,(H2,12,15). The van der Waals surface area contributed by atoms with Gasteiger partial charge in [0, 0.05) is 17.8 Å². The zero-order valence-corrected chi connectivity index (χ0v) is 9.03. The molecule has 86 valence electrons. The van der Waals surface area contributed by atoms with E-state index in [1.54, 1.807) is 24.3 Å². The number of benzene rings is 1. The van der Waals surface area contributed by atoms with Crippen LogP contribution in [0, 0.1) is 0 Å². The summed E-state index contributed by atoms with van der Waals surface area (Å²) in [5.74, 6) is 0.0311. The third-order valence-electron chi connectivity index (χ3n) is 1.97. The first-order valence-electron chi connectivity index (χ1n) is 4.86. The van der Waals surface area contributed by atoms with Gasteiger partial charge in [-0.25, -0.2) is 4.79 Å². The van der Waals surface area contributed by atoms with Crippen LogP contribution >= 0.6 is 0 Å². The molecular formula is C11H14N2O3. The maximum absolute atomic E-state index is 11.0. The molecular weight excluding hydrogens is 208 g/mol. The molecule has 0 aliphatic carbocycles. The van der Waals surface area contributed by atoms with Crippen LogP contribution in [-0.4, -0.2) is 25.0 Å². The van der Waals surface area contributed by atoms with Crippen LogP contribution in [0.5, 0.6) is 0 Å². The molecule has 0 aromatic heterocycles. The molecule has 0 bridgehead atoms. The summed E-state index contributed by atoms with van der Waals surface area (Å²) in [5, 5.41) is 3.02. The number of amides is 1. The number of hydrogen-bond donors (Lipinski definition) is 2. The molecule has 1 aromatic carbocycles. The van der Waals surface area contributed by atoms with Crippen LogP contribution in [0.2, 0.25) is 0 Å². The van der Waals surface area contributed by atoms with Gasteiger partial charge in [0.2, 0.25) is 0 Å². The smallest absolute Gasteiger partial charge is 0.404 e. The minimum absolute atomic E-state index is 0.0311. The van der Waals surface area contributed by atoms with Crippen LogP contribution in [0.1, 0.15) is 17.3 Å². The van der Waals surface area contributed by atoms with Crippen molar-refractivity contribution >= 4 is 17.6 Å². The van der Waals surface area contributed by atoms with Crippen molar-refractivity contribution in [2.24, 2.45) is 5.73 Å². The second-order valence-electron chi connectivity index (χ2n) is 3.23. The van der Waals surface area contributed by atoms with Gasteiger partial charge in [0.05, 0.1) is 0 Å². The lowest BCUT2D eigenvalue weighted by Crippen LogP contribution is -2.18. The summed E-state index contributed by atoms with van der Waals surface area (Å²) in [7, 11) is 0. The Labute approximate surface area is 93.6 Å². The van der Waals surface area contributed by atoms with E-state index < -0.39 is 6.09 Å². The summed E-state index contributed by atoms with van der Waals surface area (Å²) in [5.41, 5.74) is 6.32. The van der Waals surface area contributed by atoms with Crippen molar-refractivity contribution in [1.29, 1.82) is 0 Å². The lowest BCUT2D eigenvalue weighted by Gasteiger charge is -2.06. The fourth-order valence-electron chi connectivity index (χ4n) is 1.17. The SMILES string of the molecule is CC(=O)c1ccc(NCCOC(N)=O)cc1. The minimum atomic E-state index is -0.784. The normalized spacial score (nSPS) is 9.56. The van der Waals surface area contributed by atoms with Crippen molar-refractivity contribution in [2.45, 2.75) is 6.92 Å². The summed E-state index contributed by atoms with van der Waals surface area (Å²) in [6.45, 7) is 2.20. The zero-order chi connectivity index (χ0) is 12.0. The van der Waals surface area contributed by atoms with Gasteiger partial charge in [-0.2, -0.15) is 0 Å². The molecule has 0 atom stereocenters. The maximum Gasteiger partial charge on any atom is 0.404 e. The molecule has 1 rings (SSSR count). The number of carbonyl (C=O) groups excluding carboxylic acids is 2. The Balaban J connectivity index is 2.38. The number of nitrogens with two attached hydrogens (primary N) is 1. The van der Waals surface area contributed by atoms with Crippen molar-refractivity contribution < 1.29 is 14.3 Å². The van der Waals surface area contributed by atoms with E-state index in [0.717, 1.165) is 5.69 Å². The number of ether oxygens (including phenoxy) is 1. The lowest BCUT2D eigenvalue weighted by atomic mass is 10.1. The van der Waals surface area contributed by atoms with Crippen LogP contribution in [-0.2, 0) is 4.74 Å². The quantitative estimate of drug-likeness (QED) is 0.582. The van der Waals surface area contributed by atoms with Crippen LogP contribution in [0.4, 0.5) is 10.5 Å². The number of hydrogen-bond acceptors (Lipinski definition) is 4. The van der Waals surface area contributed by atoms with Gasteiger partial charge in [0.15, 0.2) is 5.78 Å². The number of Topliss-reactive ketones (excluding diaryl/α,β-unsaturated/α-hetero) is 1. The van der Waals surface area contributed by atoms with Crippen molar-refractivity contribution in [3.63, 3.8) is 0 Å². The van der Waals surface area contributed by atoms with E-state index >= 15 is 0 Å². The van der Waals surface area contributed by atoms with Crippen molar-refractivity contribution in [1.82, 2.24) is 0 Å². The van der Waals surface area contributed by atoms with E-state index in [0.29, 0.717) is 12.1 Å². The molecule has 0 fully saturated rings. The summed E-state index contributed by atoms with van der Waals surface area (Å²) in [6.07, 6.45) is -0.784. The fraction of sp³-hybridized carbons (Fsp3) is 0.273. The van der Waals surface area contributed by atoms with Crippen LogP contribution in [0.25, 0.3) is 0 Å². The fourth-order valence-corrected chi connectivity index (χ4v) is 1.17. The molecule has 0 aliphatic heterocycles. The molecule has 1 amide bonds. The molecule has 0 spiro atoms. The molecule has 5 heteroatoms. The molecule has 0 aliphatic rings. The van der Waals surface area contributed by atoms with Gasteiger partial charge in [0.25, 0.3) is 0 Å². The number of anilines is 1. The van der Waals surface area contributed by atoms with Crippen molar-refractivity contribution in [2.75, 3.05) is 18.5 Å². The third kappa shape index (κ3) is 4.00. The van der Waals surface area contributed by atoms with E-state index in [2.05, 4.69) is 10.1 Å². The van der Waals surface area contributed by atoms with Gasteiger partial charge in [-0.3, -0.25) is 4.79 Å². The average Bonchev–Trinajstić information content (AvgIpc) is 2.25. The predicted octanol–water partition coefficient (Wildman–Crippen LogP) is 1.40. The highest BCUT2D eigenvalue weighted by Gasteiger charge is 1.98. The summed E-state index contributed by atoms with van der Waals surface area (Å²) in [6, 6.07) is 7.06. The van der Waals surface area contributed by atoms with Crippen LogP contribution in [0.15, 0.2) is 24.3 Å². The van der Waals surface area contributed by atoms with E-state index in [-0.39, 0.29) is 12.4 Å². The summed E-state index contributed by atoms with van der Waals surface area (Å²) in [4.78, 5) is 21.3. The Morgan fingerprint density at radius 2 is 1.94 bits per heavy atom. The minimum Gasteiger partial charge on any atom is -0.448 e. The Hall–Kier alpha value is -2.04. The summed E-state index contributed by atoms with van der Waals surface area (Å²) >= 11 is 0. The molecule has 3 N–H and O–H groups in total. The largest absolute Gasteiger partial charge is 0.448 e. The molecule has 0 heterocycles. The second-order valence-corrected chi connectivity index (χ2v) is 3.23. The van der Waals surface area contributed by atoms with E-state index in [4.69, 9.17) is 5.73 Å². The average molecular weight is 222 g/mol. The van der Waals surface area contributed by atoms with E-state index in [1.807, 2.05) is 0 Å².